The summed E-state index contributed by atoms with van der Waals surface area (Å²) in [5, 5.41) is 3.37. The highest BCUT2D eigenvalue weighted by atomic mass is 15.3. The van der Waals surface area contributed by atoms with E-state index in [-0.39, 0.29) is 0 Å². The largest absolute Gasteiger partial charge is 0.372 e. The lowest BCUT2D eigenvalue weighted by Gasteiger charge is -2.26. The summed E-state index contributed by atoms with van der Waals surface area (Å²) in [6, 6.07) is 15.2. The minimum atomic E-state index is 0.854. The average Bonchev–Trinajstić information content (AvgIpc) is 2.87. The van der Waals surface area contributed by atoms with Crippen LogP contribution in [0.1, 0.15) is 22.3 Å². The highest BCUT2D eigenvalue weighted by Gasteiger charge is 2.20. The number of nitrogens with one attached hydrogen (secondary N) is 1. The molecule has 2 heteroatoms. The van der Waals surface area contributed by atoms with Crippen LogP contribution >= 0.6 is 0 Å². The average molecular weight is 278 g/mol. The second-order valence-electron chi connectivity index (χ2n) is 5.84. The van der Waals surface area contributed by atoms with Crippen molar-refractivity contribution in [1.29, 1.82) is 0 Å². The van der Waals surface area contributed by atoms with Gasteiger partial charge in [0.2, 0.25) is 0 Å². The molecule has 0 atom stereocenters. The van der Waals surface area contributed by atoms with Crippen molar-refractivity contribution < 1.29 is 0 Å². The van der Waals surface area contributed by atoms with E-state index in [0.29, 0.717) is 0 Å². The molecular weight excluding hydrogens is 256 g/mol. The van der Waals surface area contributed by atoms with Gasteiger partial charge in [-0.05, 0) is 37.5 Å². The van der Waals surface area contributed by atoms with Gasteiger partial charge < -0.3 is 10.2 Å². The third-order valence-electron chi connectivity index (χ3n) is 4.00. The van der Waals surface area contributed by atoms with Crippen LogP contribution in [0.4, 0.5) is 5.69 Å². The predicted octanol–water partition coefficient (Wildman–Crippen LogP) is 4.06. The highest BCUT2D eigenvalue weighted by molar-refractivity contribution is 5.64. The SMILES string of the molecule is Cc1cc(C)c(N2CNC=C2Cc2ccccc2)c(C)c1. The molecular formula is C19H22N2. The van der Waals surface area contributed by atoms with E-state index < -0.39 is 0 Å². The first-order valence-electron chi connectivity index (χ1n) is 7.47. The number of rotatable bonds is 3. The van der Waals surface area contributed by atoms with Crippen molar-refractivity contribution in [3.63, 3.8) is 0 Å². The Hall–Kier alpha value is -2.22. The third-order valence-corrected chi connectivity index (χ3v) is 4.00. The quantitative estimate of drug-likeness (QED) is 0.910. The van der Waals surface area contributed by atoms with Crippen LogP contribution in [0.5, 0.6) is 0 Å². The van der Waals surface area contributed by atoms with E-state index in [1.54, 1.807) is 0 Å². The van der Waals surface area contributed by atoms with Gasteiger partial charge in [0.1, 0.15) is 0 Å². The van der Waals surface area contributed by atoms with Gasteiger partial charge in [-0.2, -0.15) is 0 Å². The molecule has 2 aromatic rings. The lowest BCUT2D eigenvalue weighted by Crippen LogP contribution is -2.25. The Bertz CT molecular complexity index is 648. The van der Waals surface area contributed by atoms with Gasteiger partial charge in [-0.3, -0.25) is 0 Å². The molecule has 2 aromatic carbocycles. The summed E-state index contributed by atoms with van der Waals surface area (Å²) in [7, 11) is 0. The molecule has 1 heterocycles. The molecule has 0 fully saturated rings. The summed E-state index contributed by atoms with van der Waals surface area (Å²) in [5.41, 5.74) is 8.03. The first-order chi connectivity index (χ1) is 10.1. The number of nitrogens with zero attached hydrogens (tertiary/aromatic N) is 1. The van der Waals surface area contributed by atoms with Crippen LogP contribution in [0, 0.1) is 20.8 Å². The molecule has 0 saturated carbocycles. The Labute approximate surface area is 127 Å². The van der Waals surface area contributed by atoms with Gasteiger partial charge in [0.25, 0.3) is 0 Å². The molecule has 3 rings (SSSR count). The summed E-state index contributed by atoms with van der Waals surface area (Å²) in [6.07, 6.45) is 3.10. The molecule has 0 spiro atoms. The number of hydrogen-bond donors (Lipinski definition) is 1. The summed E-state index contributed by atoms with van der Waals surface area (Å²) in [6.45, 7) is 7.42. The Morgan fingerprint density at radius 1 is 1.00 bits per heavy atom. The van der Waals surface area contributed by atoms with E-state index in [1.807, 2.05) is 0 Å². The molecule has 21 heavy (non-hydrogen) atoms. The maximum absolute atomic E-state index is 3.37. The van der Waals surface area contributed by atoms with Crippen molar-refractivity contribution in [2.45, 2.75) is 27.2 Å². The summed E-state index contributed by atoms with van der Waals surface area (Å²) < 4.78 is 0. The first-order valence-corrected chi connectivity index (χ1v) is 7.47. The lowest BCUT2D eigenvalue weighted by atomic mass is 10.0. The van der Waals surface area contributed by atoms with Crippen molar-refractivity contribution in [3.8, 4) is 0 Å². The smallest absolute Gasteiger partial charge is 0.0919 e. The van der Waals surface area contributed by atoms with E-state index >= 15 is 0 Å². The zero-order chi connectivity index (χ0) is 14.8. The van der Waals surface area contributed by atoms with Crippen LogP contribution in [0.2, 0.25) is 0 Å². The van der Waals surface area contributed by atoms with E-state index in [1.165, 1.54) is 33.6 Å². The Kier molecular flexibility index (Phi) is 3.70. The van der Waals surface area contributed by atoms with Gasteiger partial charge >= 0.3 is 0 Å². The van der Waals surface area contributed by atoms with Crippen molar-refractivity contribution in [1.82, 2.24) is 5.32 Å². The maximum atomic E-state index is 3.37. The van der Waals surface area contributed by atoms with Crippen molar-refractivity contribution in [2.75, 3.05) is 11.6 Å². The van der Waals surface area contributed by atoms with Crippen LogP contribution < -0.4 is 10.2 Å². The molecule has 108 valence electrons. The molecule has 0 aliphatic carbocycles. The second kappa shape index (κ2) is 5.65. The van der Waals surface area contributed by atoms with E-state index in [2.05, 4.69) is 79.7 Å². The highest BCUT2D eigenvalue weighted by Crippen LogP contribution is 2.31. The van der Waals surface area contributed by atoms with Crippen LogP contribution in [0.15, 0.2) is 54.4 Å². The van der Waals surface area contributed by atoms with Gasteiger partial charge in [-0.15, -0.1) is 0 Å². The molecule has 0 aromatic heterocycles. The zero-order valence-corrected chi connectivity index (χ0v) is 13.0. The summed E-state index contributed by atoms with van der Waals surface area (Å²) >= 11 is 0. The van der Waals surface area contributed by atoms with Crippen molar-refractivity contribution >= 4 is 5.69 Å². The monoisotopic (exact) mass is 278 g/mol. The fraction of sp³-hybridized carbons (Fsp3) is 0.263. The molecule has 0 bridgehead atoms. The lowest BCUT2D eigenvalue weighted by molar-refractivity contribution is 0.868. The van der Waals surface area contributed by atoms with Crippen LogP contribution in [-0.2, 0) is 6.42 Å². The number of anilines is 1. The number of hydrogen-bond acceptors (Lipinski definition) is 2. The summed E-state index contributed by atoms with van der Waals surface area (Å²) in [4.78, 5) is 2.40. The van der Waals surface area contributed by atoms with Gasteiger partial charge in [-0.1, -0.05) is 48.0 Å². The predicted molar refractivity (Wildman–Crippen MR) is 89.4 cm³/mol. The first kappa shape index (κ1) is 13.7. The molecule has 0 saturated heterocycles. The number of allylic oxidation sites excluding steroid dienone is 1. The minimum absolute atomic E-state index is 0.854. The molecule has 0 radical (unpaired) electrons. The fourth-order valence-electron chi connectivity index (χ4n) is 3.21. The topological polar surface area (TPSA) is 15.3 Å². The number of aryl methyl sites for hydroxylation is 3. The molecule has 2 nitrogen and oxygen atoms in total. The Morgan fingerprint density at radius 3 is 2.33 bits per heavy atom. The van der Waals surface area contributed by atoms with Gasteiger partial charge in [0.15, 0.2) is 0 Å². The maximum Gasteiger partial charge on any atom is 0.0919 e. The third kappa shape index (κ3) is 2.80. The zero-order valence-electron chi connectivity index (χ0n) is 13.0. The Balaban J connectivity index is 1.91. The summed E-state index contributed by atoms with van der Waals surface area (Å²) in [5.74, 6) is 0. The standard InChI is InChI=1S/C19H22N2/c1-14-9-15(2)19(16(3)10-14)21-13-20-12-18(21)11-17-7-5-4-6-8-17/h4-10,12,20H,11,13H2,1-3H3. The van der Waals surface area contributed by atoms with Crippen LogP contribution in [0.3, 0.4) is 0 Å². The van der Waals surface area contributed by atoms with Crippen molar-refractivity contribution in [3.05, 3.63) is 76.6 Å². The molecule has 1 N–H and O–H groups in total. The van der Waals surface area contributed by atoms with Gasteiger partial charge in [-0.25, -0.2) is 0 Å². The van der Waals surface area contributed by atoms with Crippen LogP contribution in [0.25, 0.3) is 0 Å². The minimum Gasteiger partial charge on any atom is -0.372 e. The fourth-order valence-corrected chi connectivity index (χ4v) is 3.21. The van der Waals surface area contributed by atoms with E-state index in [0.717, 1.165) is 13.1 Å². The van der Waals surface area contributed by atoms with Crippen LogP contribution in [-0.4, -0.2) is 6.67 Å². The molecule has 0 amide bonds. The molecule has 0 unspecified atom stereocenters. The number of benzene rings is 2. The van der Waals surface area contributed by atoms with Gasteiger partial charge in [0, 0.05) is 24.0 Å². The molecule has 1 aliphatic heterocycles. The normalized spacial score (nSPS) is 14.0. The second-order valence-corrected chi connectivity index (χ2v) is 5.84. The Morgan fingerprint density at radius 2 is 1.67 bits per heavy atom. The van der Waals surface area contributed by atoms with Gasteiger partial charge in [0.05, 0.1) is 6.67 Å². The van der Waals surface area contributed by atoms with Crippen molar-refractivity contribution in [2.24, 2.45) is 0 Å². The molecule has 1 aliphatic rings. The van der Waals surface area contributed by atoms with E-state index in [9.17, 15) is 0 Å². The van der Waals surface area contributed by atoms with E-state index in [4.69, 9.17) is 0 Å².